The molecule has 0 unspecified atom stereocenters. The minimum atomic E-state index is -0.525. The maximum absolute atomic E-state index is 13.8. The lowest BCUT2D eigenvalue weighted by Gasteiger charge is -2.30. The highest BCUT2D eigenvalue weighted by Crippen LogP contribution is 2.25. The average Bonchev–Trinajstić information content (AvgIpc) is 2.67. The average molecular weight is 367 g/mol. The summed E-state index contributed by atoms with van der Waals surface area (Å²) >= 11 is 0. The number of H-pyrrole nitrogens is 1. The second-order valence-corrected chi connectivity index (χ2v) is 6.69. The zero-order chi connectivity index (χ0) is 19.1. The maximum Gasteiger partial charge on any atom is 0.259 e. The van der Waals surface area contributed by atoms with Crippen LogP contribution in [0.2, 0.25) is 0 Å². The van der Waals surface area contributed by atoms with Crippen LogP contribution in [0.5, 0.6) is 0 Å². The van der Waals surface area contributed by atoms with E-state index in [2.05, 4.69) is 15.0 Å². The number of anilines is 1. The summed E-state index contributed by atoms with van der Waals surface area (Å²) in [5, 5.41) is 0.162. The van der Waals surface area contributed by atoms with E-state index in [1.165, 1.54) is 30.7 Å². The van der Waals surface area contributed by atoms with Gasteiger partial charge in [-0.2, -0.15) is 0 Å². The molecule has 3 heterocycles. The van der Waals surface area contributed by atoms with Gasteiger partial charge in [0.05, 0.1) is 17.8 Å². The SMILES string of the molecule is CN(C)c1ncnc2c1CCN(C(=O)c1c[nH]c3c(F)cccc3c1=O)C2. The Balaban J connectivity index is 1.69. The number of halogens is 1. The third-order valence-corrected chi connectivity index (χ3v) is 4.79. The largest absolute Gasteiger partial charge is 0.362 e. The van der Waals surface area contributed by atoms with E-state index in [0.717, 1.165) is 17.1 Å². The number of fused-ring (bicyclic) bond motifs is 2. The first-order valence-corrected chi connectivity index (χ1v) is 8.56. The fourth-order valence-corrected chi connectivity index (χ4v) is 3.44. The number of pyridine rings is 1. The van der Waals surface area contributed by atoms with Crippen LogP contribution in [0.4, 0.5) is 10.2 Å². The molecule has 1 aliphatic heterocycles. The molecule has 1 aromatic carbocycles. The number of benzene rings is 1. The van der Waals surface area contributed by atoms with Crippen LogP contribution in [-0.2, 0) is 13.0 Å². The van der Waals surface area contributed by atoms with Gasteiger partial charge in [-0.1, -0.05) is 6.07 Å². The van der Waals surface area contributed by atoms with Crippen LogP contribution in [0.25, 0.3) is 10.9 Å². The Morgan fingerprint density at radius 2 is 2.11 bits per heavy atom. The van der Waals surface area contributed by atoms with Crippen molar-refractivity contribution in [1.29, 1.82) is 0 Å². The van der Waals surface area contributed by atoms with Crippen molar-refractivity contribution in [3.8, 4) is 0 Å². The molecule has 0 aliphatic carbocycles. The minimum absolute atomic E-state index is 0.00145. The molecule has 4 rings (SSSR count). The molecule has 0 saturated heterocycles. The van der Waals surface area contributed by atoms with E-state index in [9.17, 15) is 14.0 Å². The lowest BCUT2D eigenvalue weighted by atomic mass is 10.0. The zero-order valence-electron chi connectivity index (χ0n) is 15.0. The molecule has 27 heavy (non-hydrogen) atoms. The number of aromatic amines is 1. The van der Waals surface area contributed by atoms with Crippen LogP contribution >= 0.6 is 0 Å². The van der Waals surface area contributed by atoms with Crippen molar-refractivity contribution in [2.75, 3.05) is 25.5 Å². The van der Waals surface area contributed by atoms with E-state index in [0.29, 0.717) is 19.5 Å². The Hall–Kier alpha value is -3.29. The molecule has 0 atom stereocenters. The van der Waals surface area contributed by atoms with Crippen molar-refractivity contribution < 1.29 is 9.18 Å². The summed E-state index contributed by atoms with van der Waals surface area (Å²) in [6.07, 6.45) is 3.38. The first kappa shape index (κ1) is 17.1. The predicted molar refractivity (Wildman–Crippen MR) is 99.3 cm³/mol. The number of aromatic nitrogens is 3. The lowest BCUT2D eigenvalue weighted by molar-refractivity contribution is 0.0730. The van der Waals surface area contributed by atoms with E-state index < -0.39 is 17.2 Å². The van der Waals surface area contributed by atoms with Crippen molar-refractivity contribution in [3.05, 3.63) is 63.6 Å². The van der Waals surface area contributed by atoms with Crippen LogP contribution in [0, 0.1) is 5.82 Å². The van der Waals surface area contributed by atoms with Gasteiger partial charge >= 0.3 is 0 Å². The van der Waals surface area contributed by atoms with Gasteiger partial charge in [0.1, 0.15) is 23.5 Å². The van der Waals surface area contributed by atoms with Crippen molar-refractivity contribution in [1.82, 2.24) is 19.9 Å². The summed E-state index contributed by atoms with van der Waals surface area (Å²) in [5.74, 6) is -0.0763. The van der Waals surface area contributed by atoms with Crippen molar-refractivity contribution >= 4 is 22.6 Å². The summed E-state index contributed by atoms with van der Waals surface area (Å²) in [5.41, 5.74) is 1.41. The van der Waals surface area contributed by atoms with Gasteiger partial charge in [-0.25, -0.2) is 14.4 Å². The molecule has 8 heteroatoms. The van der Waals surface area contributed by atoms with Crippen LogP contribution in [0.15, 0.2) is 35.5 Å². The number of rotatable bonds is 2. The fourth-order valence-electron chi connectivity index (χ4n) is 3.44. The summed E-state index contributed by atoms with van der Waals surface area (Å²) in [7, 11) is 3.82. The fraction of sp³-hybridized carbons (Fsp3) is 0.263. The molecule has 1 N–H and O–H groups in total. The maximum atomic E-state index is 13.8. The number of amides is 1. The van der Waals surface area contributed by atoms with Gasteiger partial charge in [0, 0.05) is 37.8 Å². The topological polar surface area (TPSA) is 82.2 Å². The molecule has 1 aliphatic rings. The Morgan fingerprint density at radius 1 is 1.30 bits per heavy atom. The Bertz CT molecular complexity index is 1110. The number of carbonyl (C=O) groups is 1. The summed E-state index contributed by atoms with van der Waals surface area (Å²) in [6.45, 7) is 0.763. The minimum Gasteiger partial charge on any atom is -0.362 e. The van der Waals surface area contributed by atoms with Crippen LogP contribution in [0.1, 0.15) is 21.6 Å². The molecule has 0 saturated carbocycles. The Morgan fingerprint density at radius 3 is 2.89 bits per heavy atom. The van der Waals surface area contributed by atoms with Crippen LogP contribution < -0.4 is 10.3 Å². The van der Waals surface area contributed by atoms with Crippen molar-refractivity contribution in [2.45, 2.75) is 13.0 Å². The normalized spacial score (nSPS) is 13.5. The van der Waals surface area contributed by atoms with E-state index in [1.807, 2.05) is 19.0 Å². The number of para-hydroxylation sites is 1. The van der Waals surface area contributed by atoms with E-state index in [-0.39, 0.29) is 16.5 Å². The lowest BCUT2D eigenvalue weighted by Crippen LogP contribution is -2.39. The number of nitrogens with one attached hydrogen (secondary N) is 1. The van der Waals surface area contributed by atoms with Gasteiger partial charge < -0.3 is 14.8 Å². The van der Waals surface area contributed by atoms with Crippen LogP contribution in [0.3, 0.4) is 0 Å². The molecule has 0 radical (unpaired) electrons. The highest BCUT2D eigenvalue weighted by atomic mass is 19.1. The number of hydrogen-bond acceptors (Lipinski definition) is 5. The Labute approximate surface area is 154 Å². The second-order valence-electron chi connectivity index (χ2n) is 6.69. The third kappa shape index (κ3) is 2.83. The highest BCUT2D eigenvalue weighted by Gasteiger charge is 2.27. The van der Waals surface area contributed by atoms with Gasteiger partial charge in [0.2, 0.25) is 5.43 Å². The van der Waals surface area contributed by atoms with Gasteiger partial charge in [0.25, 0.3) is 5.91 Å². The summed E-state index contributed by atoms with van der Waals surface area (Å²) in [4.78, 5) is 40.5. The smallest absolute Gasteiger partial charge is 0.259 e. The van der Waals surface area contributed by atoms with Gasteiger partial charge in [-0.15, -0.1) is 0 Å². The quantitative estimate of drug-likeness (QED) is 0.746. The van der Waals surface area contributed by atoms with Gasteiger partial charge in [0.15, 0.2) is 0 Å². The summed E-state index contributed by atoms with van der Waals surface area (Å²) in [6, 6.07) is 4.23. The first-order chi connectivity index (χ1) is 13.0. The highest BCUT2D eigenvalue weighted by molar-refractivity contribution is 5.97. The Kier molecular flexibility index (Phi) is 4.10. The molecule has 3 aromatic rings. The second kappa shape index (κ2) is 6.46. The standard InChI is InChI=1S/C19H18FN5O2/c1-24(2)18-11-6-7-25(9-15(11)22-10-23-18)19(27)13-8-21-16-12(17(13)26)4-3-5-14(16)20/h3-5,8,10H,6-7,9H2,1-2H3,(H,21,26). The number of carbonyl (C=O) groups excluding carboxylic acids is 1. The van der Waals surface area contributed by atoms with Gasteiger partial charge in [-0.3, -0.25) is 9.59 Å². The zero-order valence-corrected chi connectivity index (χ0v) is 15.0. The molecular weight excluding hydrogens is 349 g/mol. The molecule has 7 nitrogen and oxygen atoms in total. The summed E-state index contributed by atoms with van der Waals surface area (Å²) < 4.78 is 13.8. The molecule has 0 bridgehead atoms. The molecule has 1 amide bonds. The monoisotopic (exact) mass is 367 g/mol. The third-order valence-electron chi connectivity index (χ3n) is 4.79. The molecule has 2 aromatic heterocycles. The van der Waals surface area contributed by atoms with Crippen molar-refractivity contribution in [3.63, 3.8) is 0 Å². The number of nitrogens with zero attached hydrogens (tertiary/aromatic N) is 4. The first-order valence-electron chi connectivity index (χ1n) is 8.56. The van der Waals surface area contributed by atoms with E-state index in [4.69, 9.17) is 0 Å². The van der Waals surface area contributed by atoms with E-state index in [1.54, 1.807) is 4.90 Å². The molecule has 138 valence electrons. The predicted octanol–water partition coefficient (Wildman–Crippen LogP) is 1.72. The molecule has 0 fully saturated rings. The van der Waals surface area contributed by atoms with E-state index >= 15 is 0 Å². The van der Waals surface area contributed by atoms with Crippen molar-refractivity contribution in [2.24, 2.45) is 0 Å². The molecular formula is C19H18FN5O2. The van der Waals surface area contributed by atoms with Gasteiger partial charge in [-0.05, 0) is 18.6 Å². The molecule has 0 spiro atoms. The van der Waals surface area contributed by atoms with Crippen LogP contribution in [-0.4, -0.2) is 46.4 Å². The number of hydrogen-bond donors (Lipinski definition) is 1.